The number of aromatic nitrogens is 1. The SMILES string of the molecule is Cc1ccc(NC(=S)N(CCN(C)C)C(C)c2ccncc2)cc1. The number of nitrogens with zero attached hydrogens (tertiary/aromatic N) is 3. The van der Waals surface area contributed by atoms with Crippen molar-refractivity contribution in [3.05, 3.63) is 59.9 Å². The van der Waals surface area contributed by atoms with Gasteiger partial charge in [-0.2, -0.15) is 0 Å². The van der Waals surface area contributed by atoms with Crippen molar-refractivity contribution in [3.63, 3.8) is 0 Å². The van der Waals surface area contributed by atoms with Crippen molar-refractivity contribution in [2.45, 2.75) is 19.9 Å². The second-order valence-electron chi connectivity index (χ2n) is 6.25. The molecule has 5 heteroatoms. The van der Waals surface area contributed by atoms with Gasteiger partial charge in [0.15, 0.2) is 5.11 Å². The minimum Gasteiger partial charge on any atom is -0.341 e. The van der Waals surface area contributed by atoms with Crippen LogP contribution in [0.2, 0.25) is 0 Å². The summed E-state index contributed by atoms with van der Waals surface area (Å²) in [6, 6.07) is 12.6. The van der Waals surface area contributed by atoms with Crippen molar-refractivity contribution in [3.8, 4) is 0 Å². The molecule has 0 radical (unpaired) electrons. The molecule has 0 fully saturated rings. The Hall–Kier alpha value is -1.98. The van der Waals surface area contributed by atoms with Crippen molar-refractivity contribution in [1.82, 2.24) is 14.8 Å². The summed E-state index contributed by atoms with van der Waals surface area (Å²) in [5, 5.41) is 4.11. The fourth-order valence-corrected chi connectivity index (χ4v) is 2.80. The number of pyridine rings is 1. The molecule has 1 N–H and O–H groups in total. The zero-order chi connectivity index (χ0) is 17.5. The number of likely N-dealkylation sites (N-methyl/N-ethyl adjacent to an activating group) is 1. The van der Waals surface area contributed by atoms with Gasteiger partial charge in [-0.25, -0.2) is 0 Å². The van der Waals surface area contributed by atoms with Crippen LogP contribution in [0, 0.1) is 6.92 Å². The first-order valence-electron chi connectivity index (χ1n) is 8.16. The lowest BCUT2D eigenvalue weighted by molar-refractivity contribution is 0.289. The maximum atomic E-state index is 5.70. The number of aryl methyl sites for hydroxylation is 1. The summed E-state index contributed by atoms with van der Waals surface area (Å²) < 4.78 is 0. The van der Waals surface area contributed by atoms with Gasteiger partial charge in [-0.3, -0.25) is 4.98 Å². The monoisotopic (exact) mass is 342 g/mol. The molecule has 0 spiro atoms. The van der Waals surface area contributed by atoms with Crippen LogP contribution in [0.4, 0.5) is 5.69 Å². The van der Waals surface area contributed by atoms with Crippen LogP contribution >= 0.6 is 12.2 Å². The Morgan fingerprint density at radius 2 is 1.71 bits per heavy atom. The first kappa shape index (κ1) is 18.4. The summed E-state index contributed by atoms with van der Waals surface area (Å²) >= 11 is 5.70. The molecular formula is C19H26N4S. The summed E-state index contributed by atoms with van der Waals surface area (Å²) in [5.41, 5.74) is 3.46. The molecule has 0 saturated carbocycles. The summed E-state index contributed by atoms with van der Waals surface area (Å²) in [4.78, 5) is 8.50. The molecule has 1 atom stereocenters. The van der Waals surface area contributed by atoms with Crippen LogP contribution in [0.1, 0.15) is 24.1 Å². The molecule has 0 amide bonds. The zero-order valence-electron chi connectivity index (χ0n) is 14.9. The average Bonchev–Trinajstić information content (AvgIpc) is 2.57. The average molecular weight is 343 g/mol. The normalized spacial score (nSPS) is 12.0. The van der Waals surface area contributed by atoms with E-state index in [0.717, 1.165) is 23.9 Å². The Morgan fingerprint density at radius 3 is 2.29 bits per heavy atom. The van der Waals surface area contributed by atoms with E-state index in [1.165, 1.54) is 11.1 Å². The Morgan fingerprint density at radius 1 is 1.08 bits per heavy atom. The van der Waals surface area contributed by atoms with E-state index in [2.05, 4.69) is 72.3 Å². The first-order chi connectivity index (χ1) is 11.5. The topological polar surface area (TPSA) is 31.4 Å². The zero-order valence-corrected chi connectivity index (χ0v) is 15.7. The minimum absolute atomic E-state index is 0.179. The standard InChI is InChI=1S/C19H26N4S/c1-15-5-7-18(8-6-15)21-19(24)23(14-13-22(3)4)16(2)17-9-11-20-12-10-17/h5-12,16H,13-14H2,1-4H3,(H,21,24). The predicted molar refractivity (Wildman–Crippen MR) is 105 cm³/mol. The van der Waals surface area contributed by atoms with Gasteiger partial charge in [0.1, 0.15) is 0 Å². The van der Waals surface area contributed by atoms with E-state index in [1.807, 2.05) is 24.5 Å². The molecule has 0 aliphatic carbocycles. The highest BCUT2D eigenvalue weighted by Crippen LogP contribution is 2.21. The van der Waals surface area contributed by atoms with E-state index in [-0.39, 0.29) is 6.04 Å². The summed E-state index contributed by atoms with van der Waals surface area (Å²) in [6.07, 6.45) is 3.65. The highest BCUT2D eigenvalue weighted by Gasteiger charge is 2.19. The third kappa shape index (κ3) is 5.28. The summed E-state index contributed by atoms with van der Waals surface area (Å²) in [5.74, 6) is 0. The molecule has 2 aromatic rings. The first-order valence-corrected chi connectivity index (χ1v) is 8.57. The predicted octanol–water partition coefficient (Wildman–Crippen LogP) is 3.71. The Labute approximate surface area is 150 Å². The molecule has 1 aromatic heterocycles. The molecule has 1 heterocycles. The smallest absolute Gasteiger partial charge is 0.173 e. The van der Waals surface area contributed by atoms with Crippen LogP contribution in [0.25, 0.3) is 0 Å². The summed E-state index contributed by atoms with van der Waals surface area (Å²) in [7, 11) is 4.15. The van der Waals surface area contributed by atoms with Crippen LogP contribution in [0.15, 0.2) is 48.8 Å². The highest BCUT2D eigenvalue weighted by molar-refractivity contribution is 7.80. The maximum absolute atomic E-state index is 5.70. The Kier molecular flexibility index (Phi) is 6.70. The number of hydrogen-bond donors (Lipinski definition) is 1. The second kappa shape index (κ2) is 8.76. The fraction of sp³-hybridized carbons (Fsp3) is 0.368. The van der Waals surface area contributed by atoms with Crippen molar-refractivity contribution in [1.29, 1.82) is 0 Å². The Bertz CT molecular complexity index is 640. The lowest BCUT2D eigenvalue weighted by Gasteiger charge is -2.33. The van der Waals surface area contributed by atoms with Gasteiger partial charge < -0.3 is 15.1 Å². The number of anilines is 1. The number of benzene rings is 1. The number of hydrogen-bond acceptors (Lipinski definition) is 3. The molecule has 24 heavy (non-hydrogen) atoms. The van der Waals surface area contributed by atoms with E-state index in [1.54, 1.807) is 0 Å². The second-order valence-corrected chi connectivity index (χ2v) is 6.64. The van der Waals surface area contributed by atoms with Crippen LogP contribution in [-0.4, -0.2) is 47.1 Å². The van der Waals surface area contributed by atoms with E-state index in [9.17, 15) is 0 Å². The molecule has 1 aromatic carbocycles. The van der Waals surface area contributed by atoms with Crippen molar-refractivity contribution < 1.29 is 0 Å². The van der Waals surface area contributed by atoms with E-state index in [4.69, 9.17) is 12.2 Å². The van der Waals surface area contributed by atoms with Crippen LogP contribution in [0.5, 0.6) is 0 Å². The fourth-order valence-electron chi connectivity index (χ4n) is 2.43. The van der Waals surface area contributed by atoms with Crippen LogP contribution in [0.3, 0.4) is 0 Å². The van der Waals surface area contributed by atoms with E-state index in [0.29, 0.717) is 0 Å². The molecule has 4 nitrogen and oxygen atoms in total. The third-order valence-electron chi connectivity index (χ3n) is 4.01. The van der Waals surface area contributed by atoms with E-state index < -0.39 is 0 Å². The largest absolute Gasteiger partial charge is 0.341 e. The summed E-state index contributed by atoms with van der Waals surface area (Å²) in [6.45, 7) is 6.05. The lowest BCUT2D eigenvalue weighted by Crippen LogP contribution is -2.40. The number of rotatable bonds is 6. The van der Waals surface area contributed by atoms with Gasteiger partial charge in [-0.05, 0) is 70.0 Å². The van der Waals surface area contributed by atoms with Gasteiger partial charge in [0.05, 0.1) is 6.04 Å². The number of nitrogens with one attached hydrogen (secondary N) is 1. The van der Waals surface area contributed by atoms with Gasteiger partial charge in [0, 0.05) is 31.2 Å². The van der Waals surface area contributed by atoms with E-state index >= 15 is 0 Å². The van der Waals surface area contributed by atoms with Gasteiger partial charge in [0.2, 0.25) is 0 Å². The molecule has 2 rings (SSSR count). The highest BCUT2D eigenvalue weighted by atomic mass is 32.1. The maximum Gasteiger partial charge on any atom is 0.173 e. The molecule has 128 valence electrons. The molecular weight excluding hydrogens is 316 g/mol. The molecule has 0 aliphatic heterocycles. The van der Waals surface area contributed by atoms with Gasteiger partial charge >= 0.3 is 0 Å². The minimum atomic E-state index is 0.179. The number of thiocarbonyl (C=S) groups is 1. The van der Waals surface area contributed by atoms with Gasteiger partial charge in [-0.15, -0.1) is 0 Å². The molecule has 0 aliphatic rings. The third-order valence-corrected chi connectivity index (χ3v) is 4.34. The molecule has 0 saturated heterocycles. The van der Waals surface area contributed by atoms with Crippen LogP contribution in [-0.2, 0) is 0 Å². The Balaban J connectivity index is 2.14. The van der Waals surface area contributed by atoms with Gasteiger partial charge in [-0.1, -0.05) is 17.7 Å². The quantitative estimate of drug-likeness (QED) is 0.809. The van der Waals surface area contributed by atoms with Gasteiger partial charge in [0.25, 0.3) is 0 Å². The van der Waals surface area contributed by atoms with Crippen molar-refractivity contribution in [2.24, 2.45) is 0 Å². The van der Waals surface area contributed by atoms with Crippen molar-refractivity contribution >= 4 is 23.0 Å². The molecule has 1 unspecified atom stereocenters. The van der Waals surface area contributed by atoms with Crippen molar-refractivity contribution in [2.75, 3.05) is 32.5 Å². The van der Waals surface area contributed by atoms with Crippen LogP contribution < -0.4 is 5.32 Å². The molecule has 0 bridgehead atoms. The lowest BCUT2D eigenvalue weighted by atomic mass is 10.1.